The second-order valence-electron chi connectivity index (χ2n) is 7.71. The molecule has 0 saturated carbocycles. The van der Waals surface area contributed by atoms with E-state index in [1.54, 1.807) is 0 Å². The summed E-state index contributed by atoms with van der Waals surface area (Å²) in [7, 11) is 0. The molecular weight excluding hydrogens is 352 g/mol. The molecule has 6 heteroatoms. The van der Waals surface area contributed by atoms with E-state index in [0.717, 1.165) is 77.0 Å². The molecule has 0 spiro atoms. The molecule has 0 fully saturated rings. The summed E-state index contributed by atoms with van der Waals surface area (Å²) in [6.45, 7) is 9.98. The Labute approximate surface area is 173 Å². The van der Waals surface area contributed by atoms with Crippen molar-refractivity contribution >= 4 is 12.1 Å². The Bertz CT molecular complexity index is 355. The zero-order valence-corrected chi connectivity index (χ0v) is 18.9. The van der Waals surface area contributed by atoms with Gasteiger partial charge in [-0.3, -0.25) is 0 Å². The first-order valence-electron chi connectivity index (χ1n) is 11.7. The van der Waals surface area contributed by atoms with Crippen LogP contribution in [0.1, 0.15) is 105 Å². The lowest BCUT2D eigenvalue weighted by molar-refractivity contribution is 0.234. The van der Waals surface area contributed by atoms with Crippen LogP contribution in [0.25, 0.3) is 0 Å². The average Bonchev–Trinajstić information content (AvgIpc) is 2.70. The maximum atomic E-state index is 11.9. The van der Waals surface area contributed by atoms with Crippen LogP contribution in [-0.4, -0.2) is 37.2 Å². The number of nitrogens with one attached hydrogen (secondary N) is 4. The first-order chi connectivity index (χ1) is 13.6. The molecule has 28 heavy (non-hydrogen) atoms. The van der Waals surface area contributed by atoms with Gasteiger partial charge in [0, 0.05) is 25.2 Å². The summed E-state index contributed by atoms with van der Waals surface area (Å²) in [6, 6.07) is 0.475. The Kier molecular flexibility index (Phi) is 17.9. The number of carbonyl (C=O) groups is 2. The van der Waals surface area contributed by atoms with Gasteiger partial charge in [0.2, 0.25) is 0 Å². The highest BCUT2D eigenvalue weighted by Gasteiger charge is 2.10. The number of rotatable bonds is 17. The fraction of sp³-hybridized carbons (Fsp3) is 0.909. The van der Waals surface area contributed by atoms with Crippen molar-refractivity contribution in [1.29, 1.82) is 0 Å². The molecule has 0 bridgehead atoms. The predicted octanol–water partition coefficient (Wildman–Crippen LogP) is 5.08. The minimum Gasteiger partial charge on any atom is -0.338 e. The lowest BCUT2D eigenvalue weighted by Crippen LogP contribution is -2.42. The Morgan fingerprint density at radius 3 is 1.32 bits per heavy atom. The molecule has 0 aromatic carbocycles. The molecule has 2 unspecified atom stereocenters. The fourth-order valence-electron chi connectivity index (χ4n) is 3.14. The molecular formula is C22H46N4O2. The van der Waals surface area contributed by atoms with Gasteiger partial charge in [0.25, 0.3) is 0 Å². The molecule has 0 rings (SSSR count). The Morgan fingerprint density at radius 1 is 0.607 bits per heavy atom. The van der Waals surface area contributed by atoms with Gasteiger partial charge in [-0.25, -0.2) is 9.59 Å². The zero-order valence-electron chi connectivity index (χ0n) is 18.9. The number of urea groups is 2. The summed E-state index contributed by atoms with van der Waals surface area (Å²) in [4.78, 5) is 23.8. The highest BCUT2D eigenvalue weighted by molar-refractivity contribution is 5.74. The lowest BCUT2D eigenvalue weighted by Gasteiger charge is -2.17. The largest absolute Gasteiger partial charge is 0.338 e. The molecule has 0 saturated heterocycles. The van der Waals surface area contributed by atoms with Crippen molar-refractivity contribution in [2.75, 3.05) is 13.1 Å². The summed E-state index contributed by atoms with van der Waals surface area (Å²) >= 11 is 0. The molecule has 0 aromatic rings. The summed E-state index contributed by atoms with van der Waals surface area (Å²) in [5, 5.41) is 12.0. The second-order valence-corrected chi connectivity index (χ2v) is 7.71. The van der Waals surface area contributed by atoms with E-state index < -0.39 is 0 Å². The van der Waals surface area contributed by atoms with Gasteiger partial charge in [0.05, 0.1) is 0 Å². The lowest BCUT2D eigenvalue weighted by atomic mass is 10.1. The van der Waals surface area contributed by atoms with Crippen LogP contribution in [0, 0.1) is 0 Å². The minimum atomic E-state index is -0.0464. The number of carbonyl (C=O) groups excluding carboxylic acids is 2. The van der Waals surface area contributed by atoms with Crippen LogP contribution in [0.15, 0.2) is 0 Å². The normalized spacial score (nSPS) is 12.9. The Morgan fingerprint density at radius 2 is 1.00 bits per heavy atom. The highest BCUT2D eigenvalue weighted by Crippen LogP contribution is 2.05. The number of hydrogen-bond donors (Lipinski definition) is 4. The van der Waals surface area contributed by atoms with E-state index in [1.807, 2.05) is 0 Å². The van der Waals surface area contributed by atoms with Gasteiger partial charge in [-0.15, -0.1) is 0 Å². The van der Waals surface area contributed by atoms with Crippen LogP contribution in [0.5, 0.6) is 0 Å². The highest BCUT2D eigenvalue weighted by atomic mass is 16.2. The standard InChI is InChI=1S/C22H46N4O2/c1-5-9-15-19(7-3)25-21(27)23-17-13-11-12-14-18-24-22(28)26-20(8-4)16-10-6-2/h19-20H,5-18H2,1-4H3,(H2,23,25,27)(H2,24,26,28). The molecule has 0 aliphatic rings. The summed E-state index contributed by atoms with van der Waals surface area (Å²) in [5.41, 5.74) is 0. The van der Waals surface area contributed by atoms with Crippen LogP contribution in [0.4, 0.5) is 9.59 Å². The van der Waals surface area contributed by atoms with E-state index in [2.05, 4.69) is 49.0 Å². The van der Waals surface area contributed by atoms with Gasteiger partial charge in [0.15, 0.2) is 0 Å². The molecule has 0 aliphatic carbocycles. The van der Waals surface area contributed by atoms with Crippen molar-refractivity contribution < 1.29 is 9.59 Å². The number of amides is 4. The molecule has 4 N–H and O–H groups in total. The molecule has 4 amide bonds. The van der Waals surface area contributed by atoms with Crippen molar-refractivity contribution in [2.45, 2.75) is 117 Å². The third kappa shape index (κ3) is 15.6. The maximum absolute atomic E-state index is 11.9. The van der Waals surface area contributed by atoms with Crippen LogP contribution < -0.4 is 21.3 Å². The third-order valence-corrected chi connectivity index (χ3v) is 5.14. The second kappa shape index (κ2) is 18.9. The summed E-state index contributed by atoms with van der Waals surface area (Å²) in [6.07, 6.45) is 12.8. The van der Waals surface area contributed by atoms with E-state index in [1.165, 1.54) is 0 Å². The SMILES string of the molecule is CCCCC(CC)NC(=O)NCCCCCCNC(=O)NC(CC)CCCC. The minimum absolute atomic E-state index is 0.0464. The first kappa shape index (κ1) is 26.5. The maximum Gasteiger partial charge on any atom is 0.315 e. The molecule has 0 heterocycles. The summed E-state index contributed by atoms with van der Waals surface area (Å²) < 4.78 is 0. The van der Waals surface area contributed by atoms with E-state index in [4.69, 9.17) is 0 Å². The van der Waals surface area contributed by atoms with Gasteiger partial charge in [-0.2, -0.15) is 0 Å². The molecule has 6 nitrogen and oxygen atoms in total. The van der Waals surface area contributed by atoms with Gasteiger partial charge >= 0.3 is 12.1 Å². The Balaban J connectivity index is 3.60. The number of unbranched alkanes of at least 4 members (excludes halogenated alkanes) is 5. The molecule has 0 aliphatic heterocycles. The van der Waals surface area contributed by atoms with Crippen molar-refractivity contribution in [1.82, 2.24) is 21.3 Å². The van der Waals surface area contributed by atoms with Crippen LogP contribution >= 0.6 is 0 Å². The molecule has 166 valence electrons. The van der Waals surface area contributed by atoms with Gasteiger partial charge in [-0.1, -0.05) is 66.2 Å². The Hall–Kier alpha value is -1.46. The van der Waals surface area contributed by atoms with Crippen molar-refractivity contribution in [3.05, 3.63) is 0 Å². The van der Waals surface area contributed by atoms with Gasteiger partial charge in [0.1, 0.15) is 0 Å². The van der Waals surface area contributed by atoms with Crippen molar-refractivity contribution in [3.8, 4) is 0 Å². The zero-order chi connectivity index (χ0) is 21.0. The van der Waals surface area contributed by atoms with E-state index >= 15 is 0 Å². The molecule has 0 radical (unpaired) electrons. The molecule has 2 atom stereocenters. The van der Waals surface area contributed by atoms with E-state index in [0.29, 0.717) is 13.1 Å². The van der Waals surface area contributed by atoms with Crippen LogP contribution in [0.3, 0.4) is 0 Å². The van der Waals surface area contributed by atoms with Crippen molar-refractivity contribution in [3.63, 3.8) is 0 Å². The quantitative estimate of drug-likeness (QED) is 0.258. The summed E-state index contributed by atoms with van der Waals surface area (Å²) in [5.74, 6) is 0. The van der Waals surface area contributed by atoms with E-state index in [9.17, 15) is 9.59 Å². The molecule has 0 aromatic heterocycles. The fourth-order valence-corrected chi connectivity index (χ4v) is 3.14. The number of hydrogen-bond acceptors (Lipinski definition) is 2. The van der Waals surface area contributed by atoms with Crippen LogP contribution in [-0.2, 0) is 0 Å². The topological polar surface area (TPSA) is 82.3 Å². The van der Waals surface area contributed by atoms with E-state index in [-0.39, 0.29) is 24.1 Å². The smallest absolute Gasteiger partial charge is 0.315 e. The van der Waals surface area contributed by atoms with Gasteiger partial charge in [-0.05, 0) is 38.5 Å². The first-order valence-corrected chi connectivity index (χ1v) is 11.7. The van der Waals surface area contributed by atoms with Crippen molar-refractivity contribution in [2.24, 2.45) is 0 Å². The average molecular weight is 399 g/mol. The van der Waals surface area contributed by atoms with Gasteiger partial charge < -0.3 is 21.3 Å². The third-order valence-electron chi connectivity index (χ3n) is 5.14. The predicted molar refractivity (Wildman–Crippen MR) is 119 cm³/mol. The monoisotopic (exact) mass is 398 g/mol. The van der Waals surface area contributed by atoms with Crippen LogP contribution in [0.2, 0.25) is 0 Å².